The minimum absolute atomic E-state index is 0.392. The molecular weight excluding hydrogens is 356 g/mol. The highest BCUT2D eigenvalue weighted by molar-refractivity contribution is 6.32. The second kappa shape index (κ2) is 8.15. The summed E-state index contributed by atoms with van der Waals surface area (Å²) in [6, 6.07) is 12.2. The van der Waals surface area contributed by atoms with Crippen molar-refractivity contribution in [2.75, 3.05) is 20.3 Å². The lowest BCUT2D eigenvalue weighted by Crippen LogP contribution is -2.05. The topological polar surface area (TPSA) is 57.9 Å². The van der Waals surface area contributed by atoms with Crippen molar-refractivity contribution in [2.45, 2.75) is 13.3 Å². The Labute approximate surface area is 156 Å². The van der Waals surface area contributed by atoms with Crippen LogP contribution in [-0.2, 0) is 0 Å². The number of aryl methyl sites for hydroxylation is 1. The van der Waals surface area contributed by atoms with Gasteiger partial charge >= 0.3 is 5.63 Å². The van der Waals surface area contributed by atoms with Gasteiger partial charge in [0, 0.05) is 23.9 Å². The molecule has 26 heavy (non-hydrogen) atoms. The van der Waals surface area contributed by atoms with Gasteiger partial charge in [-0.15, -0.1) is 0 Å². The Morgan fingerprint density at radius 2 is 1.69 bits per heavy atom. The number of fused-ring (bicyclic) bond motifs is 1. The molecule has 0 spiro atoms. The standard InChI is InChI=1S/C20H19ClO5/c1-13-10-20(22)26-18-12-19(17(21)11-16(13)18)25-9-3-8-24-15-6-4-14(23-2)5-7-15/h4-7,10-12H,3,8-9H2,1-2H3. The molecule has 0 N–H and O–H groups in total. The van der Waals surface area contributed by atoms with Gasteiger partial charge in [0.15, 0.2) is 0 Å². The molecule has 3 aromatic rings. The molecule has 6 heteroatoms. The zero-order valence-electron chi connectivity index (χ0n) is 14.6. The van der Waals surface area contributed by atoms with E-state index in [0.717, 1.165) is 22.4 Å². The summed E-state index contributed by atoms with van der Waals surface area (Å²) in [7, 11) is 1.62. The second-order valence-electron chi connectivity index (χ2n) is 5.75. The smallest absolute Gasteiger partial charge is 0.336 e. The lowest BCUT2D eigenvalue weighted by atomic mass is 10.1. The summed E-state index contributed by atoms with van der Waals surface area (Å²) < 4.78 is 21.7. The van der Waals surface area contributed by atoms with Crippen LogP contribution in [0.3, 0.4) is 0 Å². The van der Waals surface area contributed by atoms with E-state index in [9.17, 15) is 4.79 Å². The van der Waals surface area contributed by atoms with Gasteiger partial charge in [0.25, 0.3) is 0 Å². The quantitative estimate of drug-likeness (QED) is 0.446. The predicted octanol–water partition coefficient (Wildman–Crippen LogP) is 4.61. The Hall–Kier alpha value is -2.66. The number of hydrogen-bond donors (Lipinski definition) is 0. The molecule has 0 bridgehead atoms. The van der Waals surface area contributed by atoms with E-state index in [4.69, 9.17) is 30.2 Å². The normalized spacial score (nSPS) is 10.7. The van der Waals surface area contributed by atoms with Gasteiger partial charge in [-0.3, -0.25) is 0 Å². The SMILES string of the molecule is COc1ccc(OCCCOc2cc3oc(=O)cc(C)c3cc2Cl)cc1. The number of methoxy groups -OCH3 is 1. The lowest BCUT2D eigenvalue weighted by Gasteiger charge is -2.11. The third-order valence-corrected chi connectivity index (χ3v) is 4.17. The van der Waals surface area contributed by atoms with Crippen LogP contribution in [0.4, 0.5) is 0 Å². The van der Waals surface area contributed by atoms with Crippen LogP contribution in [0.5, 0.6) is 17.2 Å². The molecule has 1 heterocycles. The predicted molar refractivity (Wildman–Crippen MR) is 101 cm³/mol. The fourth-order valence-corrected chi connectivity index (χ4v) is 2.75. The van der Waals surface area contributed by atoms with Crippen molar-refractivity contribution in [3.63, 3.8) is 0 Å². The maximum absolute atomic E-state index is 11.5. The van der Waals surface area contributed by atoms with Gasteiger partial charge in [0.05, 0.1) is 25.3 Å². The minimum Gasteiger partial charge on any atom is -0.497 e. The van der Waals surface area contributed by atoms with Crippen LogP contribution in [0.25, 0.3) is 11.0 Å². The van der Waals surface area contributed by atoms with Crippen molar-refractivity contribution in [2.24, 2.45) is 0 Å². The molecule has 136 valence electrons. The molecule has 0 saturated heterocycles. The number of halogens is 1. The van der Waals surface area contributed by atoms with Crippen LogP contribution >= 0.6 is 11.6 Å². The Bertz CT molecular complexity index is 947. The number of rotatable bonds is 7. The highest BCUT2D eigenvalue weighted by atomic mass is 35.5. The van der Waals surface area contributed by atoms with E-state index in [-0.39, 0.29) is 0 Å². The van der Waals surface area contributed by atoms with Crippen molar-refractivity contribution in [1.82, 2.24) is 0 Å². The summed E-state index contributed by atoms with van der Waals surface area (Å²) in [4.78, 5) is 11.5. The fraction of sp³-hybridized carbons (Fsp3) is 0.250. The Kier molecular flexibility index (Phi) is 5.68. The molecule has 0 fully saturated rings. The van der Waals surface area contributed by atoms with E-state index in [1.54, 1.807) is 19.2 Å². The second-order valence-corrected chi connectivity index (χ2v) is 6.16. The van der Waals surface area contributed by atoms with E-state index < -0.39 is 5.63 Å². The van der Waals surface area contributed by atoms with Crippen LogP contribution < -0.4 is 19.8 Å². The molecule has 0 unspecified atom stereocenters. The molecule has 0 aliphatic rings. The van der Waals surface area contributed by atoms with Crippen LogP contribution in [0.2, 0.25) is 5.02 Å². The van der Waals surface area contributed by atoms with Gasteiger partial charge in [0.1, 0.15) is 22.8 Å². The van der Waals surface area contributed by atoms with Crippen LogP contribution in [0.15, 0.2) is 51.7 Å². The van der Waals surface area contributed by atoms with Crippen molar-refractivity contribution < 1.29 is 18.6 Å². The average molecular weight is 375 g/mol. The molecule has 1 aromatic heterocycles. The van der Waals surface area contributed by atoms with E-state index in [0.29, 0.717) is 36.0 Å². The zero-order chi connectivity index (χ0) is 18.5. The number of ether oxygens (including phenoxy) is 3. The van der Waals surface area contributed by atoms with Crippen molar-refractivity contribution >= 4 is 22.6 Å². The molecule has 0 atom stereocenters. The highest BCUT2D eigenvalue weighted by Gasteiger charge is 2.09. The molecule has 2 aromatic carbocycles. The monoisotopic (exact) mass is 374 g/mol. The Morgan fingerprint density at radius 3 is 2.42 bits per heavy atom. The molecule has 0 aliphatic carbocycles. The van der Waals surface area contributed by atoms with Crippen molar-refractivity contribution in [1.29, 1.82) is 0 Å². The molecule has 0 aliphatic heterocycles. The van der Waals surface area contributed by atoms with Crippen molar-refractivity contribution in [3.8, 4) is 17.2 Å². The van der Waals surface area contributed by atoms with E-state index >= 15 is 0 Å². The van der Waals surface area contributed by atoms with Crippen LogP contribution in [0.1, 0.15) is 12.0 Å². The molecule has 0 radical (unpaired) electrons. The number of hydrogen-bond acceptors (Lipinski definition) is 5. The largest absolute Gasteiger partial charge is 0.497 e. The van der Waals surface area contributed by atoms with Gasteiger partial charge in [-0.25, -0.2) is 4.79 Å². The van der Waals surface area contributed by atoms with Crippen LogP contribution in [-0.4, -0.2) is 20.3 Å². The summed E-state index contributed by atoms with van der Waals surface area (Å²) >= 11 is 6.26. The van der Waals surface area contributed by atoms with Gasteiger partial charge in [-0.1, -0.05) is 11.6 Å². The fourth-order valence-electron chi connectivity index (χ4n) is 2.53. The minimum atomic E-state index is -0.392. The van der Waals surface area contributed by atoms with Gasteiger partial charge < -0.3 is 18.6 Å². The van der Waals surface area contributed by atoms with E-state index in [1.165, 1.54) is 6.07 Å². The molecule has 0 amide bonds. The zero-order valence-corrected chi connectivity index (χ0v) is 15.3. The third kappa shape index (κ3) is 4.29. The first-order valence-electron chi connectivity index (χ1n) is 8.20. The third-order valence-electron chi connectivity index (χ3n) is 3.88. The average Bonchev–Trinajstić information content (AvgIpc) is 2.63. The van der Waals surface area contributed by atoms with Crippen molar-refractivity contribution in [3.05, 3.63) is 63.5 Å². The summed E-state index contributed by atoms with van der Waals surface area (Å²) in [5.41, 5.74) is 0.887. The first kappa shape index (κ1) is 18.1. The first-order chi connectivity index (χ1) is 12.6. The maximum atomic E-state index is 11.5. The molecule has 3 rings (SSSR count). The summed E-state index contributed by atoms with van der Waals surface area (Å²) in [6.45, 7) is 2.77. The van der Waals surface area contributed by atoms with E-state index in [2.05, 4.69) is 0 Å². The van der Waals surface area contributed by atoms with Gasteiger partial charge in [-0.2, -0.15) is 0 Å². The maximum Gasteiger partial charge on any atom is 0.336 e. The lowest BCUT2D eigenvalue weighted by molar-refractivity contribution is 0.247. The molecule has 5 nitrogen and oxygen atoms in total. The van der Waals surface area contributed by atoms with Gasteiger partial charge in [-0.05, 0) is 42.8 Å². The summed E-state index contributed by atoms with van der Waals surface area (Å²) in [6.07, 6.45) is 0.679. The summed E-state index contributed by atoms with van der Waals surface area (Å²) in [5, 5.41) is 1.27. The Morgan fingerprint density at radius 1 is 1.00 bits per heavy atom. The Balaban J connectivity index is 1.56. The van der Waals surface area contributed by atoms with Gasteiger partial charge in [0.2, 0.25) is 0 Å². The van der Waals surface area contributed by atoms with Crippen LogP contribution in [0, 0.1) is 6.92 Å². The highest BCUT2D eigenvalue weighted by Crippen LogP contribution is 2.31. The molecule has 0 saturated carbocycles. The number of benzene rings is 2. The first-order valence-corrected chi connectivity index (χ1v) is 8.58. The van der Waals surface area contributed by atoms with E-state index in [1.807, 2.05) is 31.2 Å². The summed E-state index contributed by atoms with van der Waals surface area (Å²) in [5.74, 6) is 2.04. The molecular formula is C20H19ClO5.